The van der Waals surface area contributed by atoms with E-state index in [1.54, 1.807) is 47.6 Å². The number of aromatic nitrogens is 3. The third kappa shape index (κ3) is 2.80. The number of amides is 1. The second-order valence-electron chi connectivity index (χ2n) is 4.87. The van der Waals surface area contributed by atoms with Gasteiger partial charge in [0.25, 0.3) is 5.91 Å². The van der Waals surface area contributed by atoms with Crippen molar-refractivity contribution in [3.8, 4) is 11.4 Å². The Labute approximate surface area is 127 Å². The van der Waals surface area contributed by atoms with Crippen molar-refractivity contribution >= 4 is 11.6 Å². The Morgan fingerprint density at radius 3 is 2.64 bits per heavy atom. The fraction of sp³-hybridized carbons (Fsp3) is 0.0625. The number of nitrogens with zero attached hydrogens (tertiary/aromatic N) is 3. The molecule has 0 fully saturated rings. The third-order valence-corrected chi connectivity index (χ3v) is 3.28. The molecule has 0 atom stereocenters. The van der Waals surface area contributed by atoms with Crippen molar-refractivity contribution in [2.45, 2.75) is 6.92 Å². The van der Waals surface area contributed by atoms with Gasteiger partial charge < -0.3 is 10.4 Å². The number of anilines is 1. The molecule has 0 aliphatic heterocycles. The van der Waals surface area contributed by atoms with Crippen LogP contribution in [0.1, 0.15) is 15.9 Å². The van der Waals surface area contributed by atoms with Crippen LogP contribution in [-0.4, -0.2) is 25.8 Å². The van der Waals surface area contributed by atoms with Gasteiger partial charge in [-0.25, -0.2) is 0 Å². The van der Waals surface area contributed by atoms with E-state index < -0.39 is 0 Å². The molecule has 6 nitrogen and oxygen atoms in total. The third-order valence-electron chi connectivity index (χ3n) is 3.28. The van der Waals surface area contributed by atoms with Crippen LogP contribution in [0.25, 0.3) is 5.69 Å². The number of phenolic OH excluding ortho intramolecular Hbond substituents is 1. The number of phenols is 1. The standard InChI is InChI=1S/C16H14N4O2/c1-11-7-14(21)5-6-15(11)19-16(22)12-3-2-4-13(8-12)20-9-17-18-10-20/h2-10,21H,1H3,(H,19,22). The van der Waals surface area contributed by atoms with E-state index in [1.807, 2.05) is 13.0 Å². The lowest BCUT2D eigenvalue weighted by atomic mass is 10.1. The number of nitrogens with one attached hydrogen (secondary N) is 1. The van der Waals surface area contributed by atoms with Crippen LogP contribution in [-0.2, 0) is 0 Å². The van der Waals surface area contributed by atoms with Crippen LogP contribution in [0.5, 0.6) is 5.75 Å². The Morgan fingerprint density at radius 2 is 1.91 bits per heavy atom. The van der Waals surface area contributed by atoms with E-state index in [0.29, 0.717) is 11.3 Å². The van der Waals surface area contributed by atoms with Crippen LogP contribution in [0.2, 0.25) is 0 Å². The summed E-state index contributed by atoms with van der Waals surface area (Å²) >= 11 is 0. The highest BCUT2D eigenvalue weighted by Crippen LogP contribution is 2.21. The number of aryl methyl sites for hydroxylation is 1. The zero-order valence-corrected chi connectivity index (χ0v) is 11.9. The van der Waals surface area contributed by atoms with Gasteiger partial charge in [-0.1, -0.05) is 6.07 Å². The quantitative estimate of drug-likeness (QED) is 0.727. The van der Waals surface area contributed by atoms with Gasteiger partial charge in [0.1, 0.15) is 18.4 Å². The summed E-state index contributed by atoms with van der Waals surface area (Å²) in [5.41, 5.74) is 2.79. The highest BCUT2D eigenvalue weighted by molar-refractivity contribution is 6.05. The second-order valence-corrected chi connectivity index (χ2v) is 4.87. The summed E-state index contributed by atoms with van der Waals surface area (Å²) in [7, 11) is 0. The van der Waals surface area contributed by atoms with Crippen LogP contribution < -0.4 is 5.32 Å². The Hall–Kier alpha value is -3.15. The van der Waals surface area contributed by atoms with E-state index in [-0.39, 0.29) is 11.7 Å². The van der Waals surface area contributed by atoms with Crippen molar-refractivity contribution in [1.82, 2.24) is 14.8 Å². The molecule has 0 aliphatic carbocycles. The van der Waals surface area contributed by atoms with Crippen molar-refractivity contribution in [3.63, 3.8) is 0 Å². The second kappa shape index (κ2) is 5.69. The molecule has 0 radical (unpaired) electrons. The van der Waals surface area contributed by atoms with Crippen molar-refractivity contribution in [3.05, 3.63) is 66.2 Å². The van der Waals surface area contributed by atoms with Crippen LogP contribution in [0, 0.1) is 6.92 Å². The highest BCUT2D eigenvalue weighted by atomic mass is 16.3. The van der Waals surface area contributed by atoms with Gasteiger partial charge in [-0.15, -0.1) is 10.2 Å². The van der Waals surface area contributed by atoms with Gasteiger partial charge in [0.15, 0.2) is 0 Å². The van der Waals surface area contributed by atoms with Gasteiger partial charge >= 0.3 is 0 Å². The molecule has 2 N–H and O–H groups in total. The maximum Gasteiger partial charge on any atom is 0.255 e. The van der Waals surface area contributed by atoms with E-state index >= 15 is 0 Å². The van der Waals surface area contributed by atoms with Crippen molar-refractivity contribution < 1.29 is 9.90 Å². The summed E-state index contributed by atoms with van der Waals surface area (Å²) in [6.45, 7) is 1.82. The number of carbonyl (C=O) groups is 1. The Kier molecular flexibility index (Phi) is 3.57. The van der Waals surface area contributed by atoms with Crippen molar-refractivity contribution in [2.75, 3.05) is 5.32 Å². The normalized spacial score (nSPS) is 10.4. The number of carbonyl (C=O) groups excluding carboxylic acids is 1. The molecule has 1 aromatic heterocycles. The predicted octanol–water partition coefficient (Wildman–Crippen LogP) is 2.53. The summed E-state index contributed by atoms with van der Waals surface area (Å²) in [5.74, 6) is -0.0474. The molecule has 2 aromatic carbocycles. The number of hydrogen-bond donors (Lipinski definition) is 2. The topological polar surface area (TPSA) is 80.0 Å². The van der Waals surface area contributed by atoms with Gasteiger partial charge in [0.2, 0.25) is 0 Å². The molecule has 0 spiro atoms. The highest BCUT2D eigenvalue weighted by Gasteiger charge is 2.09. The number of aromatic hydroxyl groups is 1. The Balaban J connectivity index is 1.85. The van der Waals surface area contributed by atoms with Gasteiger partial charge in [-0.3, -0.25) is 9.36 Å². The van der Waals surface area contributed by atoms with Crippen LogP contribution >= 0.6 is 0 Å². The molecule has 3 rings (SSSR count). The Morgan fingerprint density at radius 1 is 1.14 bits per heavy atom. The first-order valence-electron chi connectivity index (χ1n) is 6.69. The van der Waals surface area contributed by atoms with E-state index in [1.165, 1.54) is 6.07 Å². The summed E-state index contributed by atoms with van der Waals surface area (Å²) in [6.07, 6.45) is 3.14. The van der Waals surface area contributed by atoms with E-state index in [2.05, 4.69) is 15.5 Å². The molecular formula is C16H14N4O2. The lowest BCUT2D eigenvalue weighted by Gasteiger charge is -2.10. The zero-order chi connectivity index (χ0) is 15.5. The van der Waals surface area contributed by atoms with Gasteiger partial charge in [0.05, 0.1) is 0 Å². The van der Waals surface area contributed by atoms with Crippen LogP contribution in [0.15, 0.2) is 55.1 Å². The van der Waals surface area contributed by atoms with Crippen LogP contribution in [0.4, 0.5) is 5.69 Å². The monoisotopic (exact) mass is 294 g/mol. The maximum absolute atomic E-state index is 12.4. The number of hydrogen-bond acceptors (Lipinski definition) is 4. The molecule has 110 valence electrons. The van der Waals surface area contributed by atoms with Crippen molar-refractivity contribution in [1.29, 1.82) is 0 Å². The summed E-state index contributed by atoms with van der Waals surface area (Å²) in [6, 6.07) is 12.0. The van der Waals surface area contributed by atoms with Gasteiger partial charge in [0, 0.05) is 16.9 Å². The summed E-state index contributed by atoms with van der Waals surface area (Å²) < 4.78 is 1.72. The average Bonchev–Trinajstić information content (AvgIpc) is 3.04. The fourth-order valence-electron chi connectivity index (χ4n) is 2.12. The van der Waals surface area contributed by atoms with Gasteiger partial charge in [-0.05, 0) is 48.9 Å². The van der Waals surface area contributed by atoms with E-state index in [4.69, 9.17) is 0 Å². The van der Waals surface area contributed by atoms with E-state index in [0.717, 1.165) is 11.3 Å². The fourth-order valence-corrected chi connectivity index (χ4v) is 2.12. The minimum Gasteiger partial charge on any atom is -0.508 e. The van der Waals surface area contributed by atoms with Crippen molar-refractivity contribution in [2.24, 2.45) is 0 Å². The molecule has 0 saturated heterocycles. The minimum absolute atomic E-state index is 0.171. The first-order chi connectivity index (χ1) is 10.6. The van der Waals surface area contributed by atoms with Gasteiger partial charge in [-0.2, -0.15) is 0 Å². The van der Waals surface area contributed by atoms with Crippen LogP contribution in [0.3, 0.4) is 0 Å². The smallest absolute Gasteiger partial charge is 0.255 e. The molecule has 6 heteroatoms. The molecular weight excluding hydrogens is 280 g/mol. The zero-order valence-electron chi connectivity index (χ0n) is 11.9. The summed E-state index contributed by atoms with van der Waals surface area (Å²) in [5, 5.41) is 19.7. The first kappa shape index (κ1) is 13.8. The molecule has 0 bridgehead atoms. The SMILES string of the molecule is Cc1cc(O)ccc1NC(=O)c1cccc(-n2cnnc2)c1. The molecule has 1 amide bonds. The predicted molar refractivity (Wildman–Crippen MR) is 82.2 cm³/mol. The molecule has 1 heterocycles. The first-order valence-corrected chi connectivity index (χ1v) is 6.69. The average molecular weight is 294 g/mol. The minimum atomic E-state index is -0.219. The summed E-state index contributed by atoms with van der Waals surface area (Å²) in [4.78, 5) is 12.4. The Bertz CT molecular complexity index is 813. The number of rotatable bonds is 3. The van der Waals surface area contributed by atoms with E-state index in [9.17, 15) is 9.90 Å². The number of benzene rings is 2. The lowest BCUT2D eigenvalue weighted by Crippen LogP contribution is -2.13. The molecule has 3 aromatic rings. The largest absolute Gasteiger partial charge is 0.508 e. The molecule has 0 unspecified atom stereocenters. The molecule has 0 saturated carbocycles. The molecule has 22 heavy (non-hydrogen) atoms. The maximum atomic E-state index is 12.4. The lowest BCUT2D eigenvalue weighted by molar-refractivity contribution is 0.102. The molecule has 0 aliphatic rings.